The van der Waals surface area contributed by atoms with Crippen LogP contribution in [-0.4, -0.2) is 41.1 Å². The van der Waals surface area contributed by atoms with Crippen molar-refractivity contribution >= 4 is 29.7 Å². The summed E-state index contributed by atoms with van der Waals surface area (Å²) < 4.78 is 0. The van der Waals surface area contributed by atoms with Crippen molar-refractivity contribution in [1.82, 2.24) is 10.2 Å². The molecule has 0 aliphatic heterocycles. The maximum atomic E-state index is 13.0. The molecule has 0 aromatic heterocycles. The van der Waals surface area contributed by atoms with E-state index < -0.39 is 23.6 Å². The van der Waals surface area contributed by atoms with Crippen molar-refractivity contribution in [2.75, 3.05) is 7.05 Å². The molecule has 2 aromatic carbocycles. The van der Waals surface area contributed by atoms with Crippen LogP contribution in [0.1, 0.15) is 80.4 Å². The van der Waals surface area contributed by atoms with Crippen LogP contribution >= 0.6 is 0 Å². The van der Waals surface area contributed by atoms with Crippen molar-refractivity contribution < 1.29 is 14.4 Å². The van der Waals surface area contributed by atoms with Crippen molar-refractivity contribution in [2.45, 2.75) is 71.5 Å². The van der Waals surface area contributed by atoms with E-state index in [0.717, 1.165) is 30.5 Å². The minimum Gasteiger partial charge on any atom is -0.363 e. The van der Waals surface area contributed by atoms with Gasteiger partial charge in [0.05, 0.1) is 6.04 Å². The highest BCUT2D eigenvalue weighted by molar-refractivity contribution is 6.38. The summed E-state index contributed by atoms with van der Waals surface area (Å²) >= 11 is 0. The van der Waals surface area contributed by atoms with Crippen LogP contribution in [0, 0.1) is 0 Å². The molecule has 1 atom stereocenters. The minimum absolute atomic E-state index is 0.139. The molecule has 0 spiro atoms. The molecule has 0 aliphatic rings. The van der Waals surface area contributed by atoms with E-state index in [0.29, 0.717) is 18.4 Å². The molecule has 6 heteroatoms. The van der Waals surface area contributed by atoms with Crippen molar-refractivity contribution in [3.05, 3.63) is 70.8 Å². The van der Waals surface area contributed by atoms with E-state index in [4.69, 9.17) is 5.73 Å². The Hall–Kier alpha value is -3.25. The maximum Gasteiger partial charge on any atom is 0.287 e. The number of amides is 2. The molecule has 0 heterocycles. The summed E-state index contributed by atoms with van der Waals surface area (Å²) in [7, 11) is 2.14. The molecular formula is C29H39N3O3. The number of nitrogens with zero attached hydrogens (tertiary/aromatic N) is 1. The molecule has 2 rings (SSSR count). The zero-order valence-electron chi connectivity index (χ0n) is 21.6. The predicted octanol–water partition coefficient (Wildman–Crippen LogP) is 4.82. The van der Waals surface area contributed by atoms with Crippen LogP contribution in [0.15, 0.2) is 48.5 Å². The molecule has 0 saturated carbocycles. The van der Waals surface area contributed by atoms with Crippen LogP contribution in [0.3, 0.4) is 0 Å². The van der Waals surface area contributed by atoms with E-state index in [9.17, 15) is 14.4 Å². The van der Waals surface area contributed by atoms with Gasteiger partial charge in [0.25, 0.3) is 11.8 Å². The summed E-state index contributed by atoms with van der Waals surface area (Å²) in [5, 5.41) is 2.70. The van der Waals surface area contributed by atoms with Gasteiger partial charge in [0.1, 0.15) is 0 Å². The summed E-state index contributed by atoms with van der Waals surface area (Å²) in [6.07, 6.45) is 6.83. The third-order valence-electron chi connectivity index (χ3n) is 6.67. The van der Waals surface area contributed by atoms with Crippen LogP contribution in [0.2, 0.25) is 0 Å². The molecule has 188 valence electrons. The lowest BCUT2D eigenvalue weighted by atomic mass is 9.99. The number of Topliss-reactive ketones (excluding diaryl/α,β-unsaturated/α-hetero) is 1. The molecule has 1 unspecified atom stereocenters. The monoisotopic (exact) mass is 477 g/mol. The molecule has 0 aliphatic carbocycles. The number of hydrogen-bond donors (Lipinski definition) is 2. The van der Waals surface area contributed by atoms with Crippen molar-refractivity contribution in [3.63, 3.8) is 0 Å². The fraction of sp³-hybridized carbons (Fsp3) is 0.414. The largest absolute Gasteiger partial charge is 0.363 e. The lowest BCUT2D eigenvalue weighted by Gasteiger charge is -2.34. The number of nitrogens with one attached hydrogen (secondary N) is 1. The number of primary amides is 1. The van der Waals surface area contributed by atoms with Gasteiger partial charge in [0, 0.05) is 17.6 Å². The van der Waals surface area contributed by atoms with E-state index in [1.165, 1.54) is 5.56 Å². The lowest BCUT2D eigenvalue weighted by molar-refractivity contribution is -0.137. The summed E-state index contributed by atoms with van der Waals surface area (Å²) in [6.45, 7) is 9.53. The summed E-state index contributed by atoms with van der Waals surface area (Å²) in [5.74, 6) is -2.21. The standard InChI is InChI=1S/C29H39N3O3/c1-6-8-13-25(26(33)27(30)34)31-28(35)24-12-10-9-11-23(24)19-18-21-14-16-22(17-15-21)20-32(5)29(3,4)7-2/h9-12,14-19,25H,6-8,13,20H2,1-5H3,(H2,30,34)(H,31,35). The fourth-order valence-corrected chi connectivity index (χ4v) is 3.61. The maximum absolute atomic E-state index is 13.0. The van der Waals surface area contributed by atoms with Crippen molar-refractivity contribution in [1.29, 1.82) is 0 Å². The molecular weight excluding hydrogens is 438 g/mol. The summed E-state index contributed by atoms with van der Waals surface area (Å²) in [6, 6.07) is 14.6. The Labute approximate surface area is 209 Å². The molecule has 2 aromatic rings. The molecule has 0 fully saturated rings. The third kappa shape index (κ3) is 8.18. The van der Waals surface area contributed by atoms with Gasteiger partial charge < -0.3 is 11.1 Å². The molecule has 35 heavy (non-hydrogen) atoms. The molecule has 0 saturated heterocycles. The Morgan fingerprint density at radius 2 is 1.69 bits per heavy atom. The second-order valence-corrected chi connectivity index (χ2v) is 9.58. The highest BCUT2D eigenvalue weighted by atomic mass is 16.2. The number of unbranched alkanes of at least 4 members (excludes halogenated alkanes) is 1. The van der Waals surface area contributed by atoms with Gasteiger partial charge in [-0.1, -0.05) is 81.3 Å². The highest BCUT2D eigenvalue weighted by Crippen LogP contribution is 2.20. The smallest absolute Gasteiger partial charge is 0.287 e. The minimum atomic E-state index is -1.03. The van der Waals surface area contributed by atoms with E-state index in [-0.39, 0.29) is 5.54 Å². The molecule has 0 bridgehead atoms. The second-order valence-electron chi connectivity index (χ2n) is 9.58. The average molecular weight is 478 g/mol. The van der Waals surface area contributed by atoms with Crippen LogP contribution in [-0.2, 0) is 16.1 Å². The SMILES string of the molecule is CCCCC(NC(=O)c1ccccc1C=Cc1ccc(CN(C)C(C)(C)CC)cc1)C(=O)C(N)=O. The average Bonchev–Trinajstić information content (AvgIpc) is 2.85. The lowest BCUT2D eigenvalue weighted by Crippen LogP contribution is -2.46. The summed E-state index contributed by atoms with van der Waals surface area (Å²) in [5.41, 5.74) is 8.73. The fourth-order valence-electron chi connectivity index (χ4n) is 3.61. The first-order chi connectivity index (χ1) is 16.6. The Morgan fingerprint density at radius 1 is 1.03 bits per heavy atom. The zero-order valence-corrected chi connectivity index (χ0v) is 21.6. The Morgan fingerprint density at radius 3 is 2.29 bits per heavy atom. The van der Waals surface area contributed by atoms with Gasteiger partial charge in [-0.2, -0.15) is 0 Å². The Bertz CT molecular complexity index is 1040. The number of carbonyl (C=O) groups excluding carboxylic acids is 3. The number of nitrogens with two attached hydrogens (primary N) is 1. The molecule has 0 radical (unpaired) electrons. The molecule has 2 amide bonds. The van der Waals surface area contributed by atoms with Crippen LogP contribution in [0.4, 0.5) is 0 Å². The third-order valence-corrected chi connectivity index (χ3v) is 6.67. The summed E-state index contributed by atoms with van der Waals surface area (Å²) in [4.78, 5) is 38.9. The zero-order chi connectivity index (χ0) is 26.0. The Kier molecular flexibility index (Phi) is 10.4. The molecule has 3 N–H and O–H groups in total. The van der Waals surface area contributed by atoms with E-state index in [1.807, 2.05) is 31.2 Å². The first-order valence-electron chi connectivity index (χ1n) is 12.3. The quantitative estimate of drug-likeness (QED) is 0.320. The predicted molar refractivity (Wildman–Crippen MR) is 143 cm³/mol. The van der Waals surface area contributed by atoms with Crippen molar-refractivity contribution in [3.8, 4) is 0 Å². The van der Waals surface area contributed by atoms with Crippen LogP contribution in [0.25, 0.3) is 12.2 Å². The van der Waals surface area contributed by atoms with E-state index in [2.05, 4.69) is 62.3 Å². The number of hydrogen-bond acceptors (Lipinski definition) is 4. The van der Waals surface area contributed by atoms with Gasteiger partial charge in [0.15, 0.2) is 0 Å². The number of carbonyl (C=O) groups is 3. The normalized spacial score (nSPS) is 12.6. The van der Waals surface area contributed by atoms with E-state index >= 15 is 0 Å². The van der Waals surface area contributed by atoms with Crippen molar-refractivity contribution in [2.24, 2.45) is 5.73 Å². The first kappa shape index (κ1) is 28.0. The van der Waals surface area contributed by atoms with Gasteiger partial charge in [-0.3, -0.25) is 19.3 Å². The number of ketones is 1. The van der Waals surface area contributed by atoms with Gasteiger partial charge >= 0.3 is 0 Å². The molecule has 6 nitrogen and oxygen atoms in total. The topological polar surface area (TPSA) is 92.5 Å². The first-order valence-corrected chi connectivity index (χ1v) is 12.3. The van der Waals surface area contributed by atoms with Gasteiger partial charge in [-0.15, -0.1) is 0 Å². The van der Waals surface area contributed by atoms with Crippen LogP contribution < -0.4 is 11.1 Å². The Balaban J connectivity index is 2.15. The van der Waals surface area contributed by atoms with Crippen LogP contribution in [0.5, 0.6) is 0 Å². The number of benzene rings is 2. The highest BCUT2D eigenvalue weighted by Gasteiger charge is 2.25. The van der Waals surface area contributed by atoms with Gasteiger partial charge in [-0.25, -0.2) is 0 Å². The number of rotatable bonds is 13. The van der Waals surface area contributed by atoms with Gasteiger partial charge in [0.2, 0.25) is 5.78 Å². The van der Waals surface area contributed by atoms with E-state index in [1.54, 1.807) is 12.1 Å². The van der Waals surface area contributed by atoms with Gasteiger partial charge in [-0.05, 0) is 56.5 Å². The second kappa shape index (κ2) is 13.0.